The molecule has 0 aliphatic heterocycles. The van der Waals surface area contributed by atoms with Crippen LogP contribution in [0.3, 0.4) is 0 Å². The zero-order valence-electron chi connectivity index (χ0n) is 22.9. The standard InChI is InChI=1S/C38H28N2O2/c1-3-11-33(12-4-1)41-35-15-7-9-29(25-35)17-19-31-21-23-39-37(27-31)38-28-32(22-24-40-38)20-18-30-10-8-16-36(26-30)42-34-13-5-2-6-14-34/h1-28H/b19-17+,20-18+. The van der Waals surface area contributed by atoms with Gasteiger partial charge in [0.15, 0.2) is 0 Å². The highest BCUT2D eigenvalue weighted by Crippen LogP contribution is 2.25. The molecule has 0 N–H and O–H groups in total. The Morgan fingerprint density at radius 3 is 1.17 bits per heavy atom. The van der Waals surface area contributed by atoms with Crippen LogP contribution < -0.4 is 9.47 Å². The van der Waals surface area contributed by atoms with E-state index in [2.05, 4.69) is 46.4 Å². The average molecular weight is 545 g/mol. The van der Waals surface area contributed by atoms with Gasteiger partial charge in [-0.25, -0.2) is 0 Å². The molecule has 0 saturated heterocycles. The summed E-state index contributed by atoms with van der Waals surface area (Å²) < 4.78 is 11.9. The first-order valence-electron chi connectivity index (χ1n) is 13.7. The summed E-state index contributed by atoms with van der Waals surface area (Å²) in [6.07, 6.45) is 11.9. The van der Waals surface area contributed by atoms with Crippen LogP contribution in [0, 0.1) is 0 Å². The van der Waals surface area contributed by atoms with Gasteiger partial charge in [-0.3, -0.25) is 9.97 Å². The Morgan fingerprint density at radius 2 is 0.738 bits per heavy atom. The second-order valence-electron chi connectivity index (χ2n) is 9.59. The van der Waals surface area contributed by atoms with Crippen LogP contribution in [-0.2, 0) is 0 Å². The van der Waals surface area contributed by atoms with E-state index < -0.39 is 0 Å². The van der Waals surface area contributed by atoms with Crippen molar-refractivity contribution in [2.45, 2.75) is 0 Å². The predicted molar refractivity (Wildman–Crippen MR) is 171 cm³/mol. The summed E-state index contributed by atoms with van der Waals surface area (Å²) in [7, 11) is 0. The Labute approximate surface area is 245 Å². The third kappa shape index (κ3) is 7.26. The van der Waals surface area contributed by atoms with Crippen molar-refractivity contribution in [3.63, 3.8) is 0 Å². The molecule has 0 radical (unpaired) electrons. The molecule has 0 saturated carbocycles. The Bertz CT molecular complexity index is 1690. The highest BCUT2D eigenvalue weighted by Gasteiger charge is 2.04. The van der Waals surface area contributed by atoms with E-state index in [9.17, 15) is 0 Å². The number of nitrogens with zero attached hydrogens (tertiary/aromatic N) is 2. The van der Waals surface area contributed by atoms with E-state index >= 15 is 0 Å². The van der Waals surface area contributed by atoms with Crippen LogP contribution in [0.1, 0.15) is 22.3 Å². The van der Waals surface area contributed by atoms with E-state index in [0.29, 0.717) is 0 Å². The van der Waals surface area contributed by atoms with Gasteiger partial charge < -0.3 is 9.47 Å². The number of para-hydroxylation sites is 2. The van der Waals surface area contributed by atoms with Gasteiger partial charge in [0, 0.05) is 12.4 Å². The molecule has 4 aromatic carbocycles. The largest absolute Gasteiger partial charge is 0.457 e. The zero-order valence-corrected chi connectivity index (χ0v) is 22.9. The molecule has 2 heterocycles. The smallest absolute Gasteiger partial charge is 0.128 e. The Morgan fingerprint density at radius 1 is 0.357 bits per heavy atom. The first-order chi connectivity index (χ1) is 20.8. The molecule has 202 valence electrons. The normalized spacial score (nSPS) is 11.1. The quantitative estimate of drug-likeness (QED) is 0.182. The minimum atomic E-state index is 0.795. The van der Waals surface area contributed by atoms with E-state index in [-0.39, 0.29) is 0 Å². The maximum atomic E-state index is 5.97. The van der Waals surface area contributed by atoms with Gasteiger partial charge in [0.05, 0.1) is 11.4 Å². The van der Waals surface area contributed by atoms with Crippen molar-refractivity contribution in [2.75, 3.05) is 0 Å². The van der Waals surface area contributed by atoms with Crippen LogP contribution >= 0.6 is 0 Å². The number of ether oxygens (including phenoxy) is 2. The highest BCUT2D eigenvalue weighted by molar-refractivity contribution is 5.74. The third-order valence-electron chi connectivity index (χ3n) is 6.44. The van der Waals surface area contributed by atoms with Crippen molar-refractivity contribution in [1.82, 2.24) is 9.97 Å². The molecular weight excluding hydrogens is 516 g/mol. The van der Waals surface area contributed by atoms with Gasteiger partial charge in [-0.2, -0.15) is 0 Å². The van der Waals surface area contributed by atoms with Gasteiger partial charge >= 0.3 is 0 Å². The number of rotatable bonds is 9. The predicted octanol–water partition coefficient (Wildman–Crippen LogP) is 10.1. The van der Waals surface area contributed by atoms with Crippen molar-refractivity contribution < 1.29 is 9.47 Å². The van der Waals surface area contributed by atoms with Crippen LogP contribution in [0.15, 0.2) is 146 Å². The molecule has 6 rings (SSSR count). The van der Waals surface area contributed by atoms with Crippen LogP contribution in [0.25, 0.3) is 35.7 Å². The number of hydrogen-bond acceptors (Lipinski definition) is 4. The minimum Gasteiger partial charge on any atom is -0.457 e. The molecule has 42 heavy (non-hydrogen) atoms. The molecule has 2 aromatic heterocycles. The molecular formula is C38H28N2O2. The molecule has 0 fully saturated rings. The first kappa shape index (κ1) is 26.5. The van der Waals surface area contributed by atoms with E-state index in [4.69, 9.17) is 9.47 Å². The minimum absolute atomic E-state index is 0.795. The van der Waals surface area contributed by atoms with Crippen molar-refractivity contribution in [1.29, 1.82) is 0 Å². The fourth-order valence-electron chi connectivity index (χ4n) is 4.38. The summed E-state index contributed by atoms with van der Waals surface area (Å²) in [5.41, 5.74) is 5.79. The van der Waals surface area contributed by atoms with Crippen molar-refractivity contribution in [3.8, 4) is 34.4 Å². The summed E-state index contributed by atoms with van der Waals surface area (Å²) in [6, 6.07) is 43.7. The third-order valence-corrected chi connectivity index (χ3v) is 6.44. The molecule has 0 aliphatic rings. The maximum absolute atomic E-state index is 5.97. The maximum Gasteiger partial charge on any atom is 0.128 e. The average Bonchev–Trinajstić information content (AvgIpc) is 3.04. The van der Waals surface area contributed by atoms with Crippen molar-refractivity contribution >= 4 is 24.3 Å². The van der Waals surface area contributed by atoms with Gasteiger partial charge in [-0.1, -0.05) is 85.0 Å². The molecule has 0 amide bonds. The Hall–Kier alpha value is -5.74. The van der Waals surface area contributed by atoms with E-state index in [1.807, 2.05) is 134 Å². The molecule has 4 heteroatoms. The van der Waals surface area contributed by atoms with Crippen LogP contribution in [0.2, 0.25) is 0 Å². The van der Waals surface area contributed by atoms with Gasteiger partial charge in [0.25, 0.3) is 0 Å². The van der Waals surface area contributed by atoms with Crippen LogP contribution in [0.4, 0.5) is 0 Å². The lowest BCUT2D eigenvalue weighted by Gasteiger charge is -2.06. The number of aromatic nitrogens is 2. The summed E-state index contributed by atoms with van der Waals surface area (Å²) in [5, 5.41) is 0. The molecule has 0 bridgehead atoms. The summed E-state index contributed by atoms with van der Waals surface area (Å²) in [4.78, 5) is 9.16. The fraction of sp³-hybridized carbons (Fsp3) is 0. The lowest BCUT2D eigenvalue weighted by Crippen LogP contribution is -1.89. The topological polar surface area (TPSA) is 44.2 Å². The fourth-order valence-corrected chi connectivity index (χ4v) is 4.38. The van der Waals surface area contributed by atoms with Gasteiger partial charge in [0.1, 0.15) is 23.0 Å². The molecule has 0 spiro atoms. The van der Waals surface area contributed by atoms with Gasteiger partial charge in [-0.15, -0.1) is 0 Å². The number of pyridine rings is 2. The zero-order chi connectivity index (χ0) is 28.4. The van der Waals surface area contributed by atoms with Gasteiger partial charge in [0.2, 0.25) is 0 Å². The molecule has 6 aromatic rings. The SMILES string of the molecule is C(=C\c1ccnc(-c2cc(/C=C/c3cccc(Oc4ccccc4)c3)ccn2)c1)/c1cccc(Oc2ccccc2)c1. The molecule has 0 atom stereocenters. The monoisotopic (exact) mass is 544 g/mol. The van der Waals surface area contributed by atoms with Crippen molar-refractivity contribution in [3.05, 3.63) is 168 Å². The van der Waals surface area contributed by atoms with Crippen molar-refractivity contribution in [2.24, 2.45) is 0 Å². The first-order valence-corrected chi connectivity index (χ1v) is 13.7. The summed E-state index contributed by atoms with van der Waals surface area (Å²) >= 11 is 0. The highest BCUT2D eigenvalue weighted by atomic mass is 16.5. The van der Waals surface area contributed by atoms with E-state index in [1.54, 1.807) is 0 Å². The number of hydrogen-bond donors (Lipinski definition) is 0. The van der Waals surface area contributed by atoms with E-state index in [0.717, 1.165) is 56.6 Å². The Balaban J connectivity index is 1.14. The Kier molecular flexibility index (Phi) is 8.24. The second-order valence-corrected chi connectivity index (χ2v) is 9.59. The second kappa shape index (κ2) is 13.1. The lowest BCUT2D eigenvalue weighted by atomic mass is 10.1. The molecule has 4 nitrogen and oxygen atoms in total. The van der Waals surface area contributed by atoms with Crippen LogP contribution in [-0.4, -0.2) is 9.97 Å². The van der Waals surface area contributed by atoms with E-state index in [1.165, 1.54) is 0 Å². The molecule has 0 aliphatic carbocycles. The summed E-state index contributed by atoms with van der Waals surface area (Å²) in [5.74, 6) is 3.21. The lowest BCUT2D eigenvalue weighted by molar-refractivity contribution is 0.482. The molecule has 0 unspecified atom stereocenters. The summed E-state index contributed by atoms with van der Waals surface area (Å²) in [6.45, 7) is 0. The number of benzene rings is 4. The van der Waals surface area contributed by atoms with Crippen LogP contribution in [0.5, 0.6) is 23.0 Å². The van der Waals surface area contributed by atoms with Gasteiger partial charge in [-0.05, 0) is 95.1 Å².